The second kappa shape index (κ2) is 1.45. The van der Waals surface area contributed by atoms with Gasteiger partial charge in [0.1, 0.15) is 0 Å². The van der Waals surface area contributed by atoms with Crippen molar-refractivity contribution in [3.05, 3.63) is 0 Å². The number of amides is 1. The van der Waals surface area contributed by atoms with Crippen LogP contribution in [0.2, 0.25) is 0 Å². The smallest absolute Gasteiger partial charge is 0.210 e. The van der Waals surface area contributed by atoms with E-state index in [1.165, 1.54) is 4.90 Å². The average molecular weight is 114 g/mol. The summed E-state index contributed by atoms with van der Waals surface area (Å²) < 4.78 is 0. The number of hydrogen-bond acceptors (Lipinski definition) is 2. The van der Waals surface area contributed by atoms with E-state index in [1.807, 2.05) is 0 Å². The monoisotopic (exact) mass is 114 g/mol. The summed E-state index contributed by atoms with van der Waals surface area (Å²) in [5.74, 6) is 0. The van der Waals surface area contributed by atoms with E-state index in [2.05, 4.69) is 0 Å². The van der Waals surface area contributed by atoms with Gasteiger partial charge < -0.3 is 10.6 Å². The maximum absolute atomic E-state index is 10.0. The van der Waals surface area contributed by atoms with Gasteiger partial charge in [0, 0.05) is 7.05 Å². The summed E-state index contributed by atoms with van der Waals surface area (Å²) in [6, 6.07) is 0. The van der Waals surface area contributed by atoms with Crippen LogP contribution in [-0.4, -0.2) is 24.0 Å². The summed E-state index contributed by atoms with van der Waals surface area (Å²) in [6.07, 6.45) is 2.66. The lowest BCUT2D eigenvalue weighted by atomic mass is 10.5. The molecular formula is C5H10N2O. The minimum atomic E-state index is -0.276. The molecule has 1 aliphatic carbocycles. The van der Waals surface area contributed by atoms with Gasteiger partial charge in [-0.25, -0.2) is 0 Å². The number of nitrogens with two attached hydrogens (primary N) is 1. The molecule has 0 aromatic carbocycles. The molecule has 1 aliphatic rings. The molecule has 3 heteroatoms. The third-order valence-corrected chi connectivity index (χ3v) is 1.62. The van der Waals surface area contributed by atoms with Crippen LogP contribution in [0.3, 0.4) is 0 Å². The van der Waals surface area contributed by atoms with Crippen molar-refractivity contribution in [1.82, 2.24) is 4.90 Å². The van der Waals surface area contributed by atoms with Crippen molar-refractivity contribution in [2.75, 3.05) is 7.05 Å². The van der Waals surface area contributed by atoms with Gasteiger partial charge in [-0.05, 0) is 12.8 Å². The standard InChI is InChI=1S/C5H10N2O/c1-7(4-8)5(6)2-3-5/h4H,2-3,6H2,1H3. The van der Waals surface area contributed by atoms with Gasteiger partial charge in [-0.2, -0.15) is 0 Å². The van der Waals surface area contributed by atoms with Crippen LogP contribution in [0.15, 0.2) is 0 Å². The van der Waals surface area contributed by atoms with Gasteiger partial charge in [0.25, 0.3) is 0 Å². The van der Waals surface area contributed by atoms with Crippen molar-refractivity contribution in [1.29, 1.82) is 0 Å². The second-order valence-corrected chi connectivity index (χ2v) is 2.32. The Bertz CT molecular complexity index is 109. The van der Waals surface area contributed by atoms with E-state index in [0.29, 0.717) is 0 Å². The first-order chi connectivity index (χ1) is 3.69. The Morgan fingerprint density at radius 2 is 2.25 bits per heavy atom. The zero-order valence-corrected chi connectivity index (χ0v) is 4.92. The average Bonchev–Trinajstić information content (AvgIpc) is 2.47. The van der Waals surface area contributed by atoms with Crippen LogP contribution in [0.5, 0.6) is 0 Å². The first-order valence-corrected chi connectivity index (χ1v) is 2.66. The lowest BCUT2D eigenvalue weighted by Crippen LogP contribution is -2.40. The minimum Gasteiger partial charge on any atom is -0.330 e. The van der Waals surface area contributed by atoms with Gasteiger partial charge in [0.05, 0.1) is 5.66 Å². The predicted octanol–water partition coefficient (Wildman–Crippen LogP) is -0.477. The van der Waals surface area contributed by atoms with E-state index in [9.17, 15) is 4.79 Å². The Hall–Kier alpha value is -0.570. The Morgan fingerprint density at radius 3 is 2.38 bits per heavy atom. The normalized spacial score (nSPS) is 22.2. The summed E-state index contributed by atoms with van der Waals surface area (Å²) in [5.41, 5.74) is 5.32. The molecule has 1 amide bonds. The van der Waals surface area contributed by atoms with Crippen LogP contribution in [-0.2, 0) is 4.79 Å². The fourth-order valence-electron chi connectivity index (χ4n) is 0.586. The van der Waals surface area contributed by atoms with Gasteiger partial charge in [-0.15, -0.1) is 0 Å². The van der Waals surface area contributed by atoms with Crippen LogP contribution < -0.4 is 5.73 Å². The molecule has 0 saturated heterocycles. The lowest BCUT2D eigenvalue weighted by Gasteiger charge is -2.17. The SMILES string of the molecule is CN(C=O)C1(N)CC1. The van der Waals surface area contributed by atoms with Gasteiger partial charge in [0.15, 0.2) is 0 Å². The van der Waals surface area contributed by atoms with Crippen molar-refractivity contribution in [3.8, 4) is 0 Å². The summed E-state index contributed by atoms with van der Waals surface area (Å²) >= 11 is 0. The molecule has 3 nitrogen and oxygen atoms in total. The Labute approximate surface area is 48.5 Å². The molecule has 1 fully saturated rings. The molecule has 1 saturated carbocycles. The summed E-state index contributed by atoms with van der Waals surface area (Å²) in [4.78, 5) is 11.6. The maximum Gasteiger partial charge on any atom is 0.210 e. The predicted molar refractivity (Wildman–Crippen MR) is 30.0 cm³/mol. The van der Waals surface area contributed by atoms with E-state index >= 15 is 0 Å². The van der Waals surface area contributed by atoms with Gasteiger partial charge in [-0.3, -0.25) is 4.79 Å². The minimum absolute atomic E-state index is 0.276. The molecule has 8 heavy (non-hydrogen) atoms. The van der Waals surface area contributed by atoms with Crippen molar-refractivity contribution in [2.45, 2.75) is 18.5 Å². The van der Waals surface area contributed by atoms with E-state index in [4.69, 9.17) is 5.73 Å². The number of hydrogen-bond donors (Lipinski definition) is 1. The summed E-state index contributed by atoms with van der Waals surface area (Å²) in [5, 5.41) is 0. The molecule has 0 bridgehead atoms. The number of carbonyl (C=O) groups is 1. The number of carbonyl (C=O) groups excluding carboxylic acids is 1. The molecule has 0 heterocycles. The Kier molecular flexibility index (Phi) is 1.01. The van der Waals surface area contributed by atoms with Crippen molar-refractivity contribution < 1.29 is 4.79 Å². The van der Waals surface area contributed by atoms with E-state index in [-0.39, 0.29) is 5.66 Å². The molecular weight excluding hydrogens is 104 g/mol. The first-order valence-electron chi connectivity index (χ1n) is 2.66. The topological polar surface area (TPSA) is 46.3 Å². The third-order valence-electron chi connectivity index (χ3n) is 1.62. The molecule has 2 N–H and O–H groups in total. The molecule has 0 unspecified atom stereocenters. The molecule has 0 aromatic rings. The molecule has 0 radical (unpaired) electrons. The summed E-state index contributed by atoms with van der Waals surface area (Å²) in [7, 11) is 1.71. The van der Waals surface area contributed by atoms with Crippen molar-refractivity contribution in [3.63, 3.8) is 0 Å². The quantitative estimate of drug-likeness (QED) is 0.389. The molecule has 0 aromatic heterocycles. The van der Waals surface area contributed by atoms with E-state index in [0.717, 1.165) is 19.3 Å². The van der Waals surface area contributed by atoms with Gasteiger partial charge >= 0.3 is 0 Å². The number of nitrogens with zero attached hydrogens (tertiary/aromatic N) is 1. The molecule has 0 aliphatic heterocycles. The molecule has 1 rings (SSSR count). The van der Waals surface area contributed by atoms with Crippen LogP contribution in [0, 0.1) is 0 Å². The fraction of sp³-hybridized carbons (Fsp3) is 0.800. The molecule has 46 valence electrons. The third kappa shape index (κ3) is 0.690. The maximum atomic E-state index is 10.0. The largest absolute Gasteiger partial charge is 0.330 e. The van der Waals surface area contributed by atoms with Gasteiger partial charge in [0.2, 0.25) is 6.41 Å². The first kappa shape index (κ1) is 5.56. The Balaban J connectivity index is 2.45. The van der Waals surface area contributed by atoms with Crippen LogP contribution in [0.1, 0.15) is 12.8 Å². The highest BCUT2D eigenvalue weighted by atomic mass is 16.1. The van der Waals surface area contributed by atoms with E-state index < -0.39 is 0 Å². The van der Waals surface area contributed by atoms with Crippen molar-refractivity contribution in [2.24, 2.45) is 5.73 Å². The molecule has 0 atom stereocenters. The highest BCUT2D eigenvalue weighted by Gasteiger charge is 2.41. The van der Waals surface area contributed by atoms with E-state index in [1.54, 1.807) is 7.05 Å². The zero-order chi connectivity index (χ0) is 6.20. The lowest BCUT2D eigenvalue weighted by molar-refractivity contribution is -0.119. The number of rotatable bonds is 2. The fourth-order valence-corrected chi connectivity index (χ4v) is 0.586. The second-order valence-electron chi connectivity index (χ2n) is 2.32. The van der Waals surface area contributed by atoms with Gasteiger partial charge in [-0.1, -0.05) is 0 Å². The van der Waals surface area contributed by atoms with Crippen LogP contribution in [0.4, 0.5) is 0 Å². The summed E-state index contributed by atoms with van der Waals surface area (Å²) in [6.45, 7) is 0. The zero-order valence-electron chi connectivity index (χ0n) is 4.92. The highest BCUT2D eigenvalue weighted by molar-refractivity contribution is 5.49. The van der Waals surface area contributed by atoms with Crippen LogP contribution >= 0.6 is 0 Å². The van der Waals surface area contributed by atoms with Crippen molar-refractivity contribution >= 4 is 6.41 Å². The highest BCUT2D eigenvalue weighted by Crippen LogP contribution is 2.33. The van der Waals surface area contributed by atoms with Crippen LogP contribution in [0.25, 0.3) is 0 Å². The Morgan fingerprint density at radius 1 is 1.75 bits per heavy atom. The molecule has 0 spiro atoms.